The first-order valence-electron chi connectivity index (χ1n) is 6.81. The predicted molar refractivity (Wildman–Crippen MR) is 83.8 cm³/mol. The van der Waals surface area contributed by atoms with Gasteiger partial charge in [-0.2, -0.15) is 0 Å². The highest BCUT2D eigenvalue weighted by Crippen LogP contribution is 2.32. The van der Waals surface area contributed by atoms with Gasteiger partial charge in [0.1, 0.15) is 5.75 Å². The molecule has 1 aliphatic rings. The van der Waals surface area contributed by atoms with Crippen molar-refractivity contribution >= 4 is 22.5 Å². The first-order chi connectivity index (χ1) is 10.3. The fourth-order valence-corrected chi connectivity index (χ4v) is 3.06. The topological polar surface area (TPSA) is 31.2 Å². The maximum atomic E-state index is 12.8. The van der Waals surface area contributed by atoms with Gasteiger partial charge in [-0.1, -0.05) is 29.8 Å². The zero-order valence-electron chi connectivity index (χ0n) is 11.2. The smallest absolute Gasteiger partial charge is 0.262 e. The number of rotatable bonds is 1. The van der Waals surface area contributed by atoms with Crippen LogP contribution in [0, 0.1) is 0 Å². The number of nitrogens with zero attached hydrogens (tertiary/aromatic N) is 1. The van der Waals surface area contributed by atoms with Crippen LogP contribution in [0.3, 0.4) is 0 Å². The summed E-state index contributed by atoms with van der Waals surface area (Å²) in [5, 5.41) is 1.57. The maximum absolute atomic E-state index is 12.8. The lowest BCUT2D eigenvalue weighted by Crippen LogP contribution is -2.21. The highest BCUT2D eigenvalue weighted by molar-refractivity contribution is 6.30. The van der Waals surface area contributed by atoms with Crippen molar-refractivity contribution in [2.75, 3.05) is 6.61 Å². The van der Waals surface area contributed by atoms with E-state index in [1.54, 1.807) is 16.7 Å². The minimum Gasteiger partial charge on any atom is -0.492 e. The zero-order chi connectivity index (χ0) is 14.4. The summed E-state index contributed by atoms with van der Waals surface area (Å²) >= 11 is 6.08. The maximum Gasteiger partial charge on any atom is 0.262 e. The molecule has 21 heavy (non-hydrogen) atoms. The van der Waals surface area contributed by atoms with Crippen molar-refractivity contribution in [3.63, 3.8) is 0 Å². The summed E-state index contributed by atoms with van der Waals surface area (Å²) in [5.41, 5.74) is 2.33. The summed E-state index contributed by atoms with van der Waals surface area (Å²) in [6.45, 7) is 0.564. The molecule has 2 aromatic carbocycles. The van der Waals surface area contributed by atoms with E-state index in [0.717, 1.165) is 27.9 Å². The lowest BCUT2D eigenvalue weighted by molar-refractivity contribution is 0.360. The summed E-state index contributed by atoms with van der Waals surface area (Å²) in [5.74, 6) is 0.730. The van der Waals surface area contributed by atoms with E-state index >= 15 is 0 Å². The minimum atomic E-state index is -0.0246. The molecule has 4 heteroatoms. The van der Waals surface area contributed by atoms with Crippen LogP contribution in [0.1, 0.15) is 5.56 Å². The Balaban J connectivity index is 2.17. The fourth-order valence-electron chi connectivity index (χ4n) is 2.88. The Bertz CT molecular complexity index is 914. The largest absolute Gasteiger partial charge is 0.492 e. The third kappa shape index (κ3) is 1.85. The monoisotopic (exact) mass is 297 g/mol. The molecule has 0 saturated heterocycles. The Hall–Kier alpha value is -2.26. The molecule has 0 unspecified atom stereocenters. The second-order valence-electron chi connectivity index (χ2n) is 5.04. The number of hydrogen-bond acceptors (Lipinski definition) is 2. The van der Waals surface area contributed by atoms with Crippen molar-refractivity contribution in [2.24, 2.45) is 0 Å². The van der Waals surface area contributed by atoms with E-state index < -0.39 is 0 Å². The van der Waals surface area contributed by atoms with E-state index in [2.05, 4.69) is 0 Å². The SMILES string of the molecule is O=c1c2c(c3ccccc3n1-c1cccc(Cl)c1)OCC2. The standard InChI is InChI=1S/C17H12ClNO2/c18-11-4-3-5-12(10-11)19-15-7-2-1-6-13(15)16-14(17(19)20)8-9-21-16/h1-7,10H,8-9H2. The molecule has 0 saturated carbocycles. The normalized spacial score (nSPS) is 13.2. The molecule has 0 aliphatic carbocycles. The number of fused-ring (bicyclic) bond motifs is 3. The number of para-hydroxylation sites is 1. The Kier molecular flexibility index (Phi) is 2.76. The summed E-state index contributed by atoms with van der Waals surface area (Å²) < 4.78 is 7.38. The van der Waals surface area contributed by atoms with Crippen LogP contribution in [0.4, 0.5) is 0 Å². The van der Waals surface area contributed by atoms with Crippen LogP contribution in [0.5, 0.6) is 5.75 Å². The van der Waals surface area contributed by atoms with Crippen molar-refractivity contribution in [1.82, 2.24) is 4.57 Å². The van der Waals surface area contributed by atoms with Gasteiger partial charge in [0.05, 0.1) is 23.4 Å². The second-order valence-corrected chi connectivity index (χ2v) is 5.48. The number of pyridine rings is 1. The van der Waals surface area contributed by atoms with E-state index in [9.17, 15) is 4.79 Å². The summed E-state index contributed by atoms with van der Waals surface area (Å²) in [6, 6.07) is 15.1. The molecule has 2 heterocycles. The van der Waals surface area contributed by atoms with Gasteiger partial charge in [0.2, 0.25) is 0 Å². The molecule has 0 atom stereocenters. The average molecular weight is 298 g/mol. The average Bonchev–Trinajstić information content (AvgIpc) is 2.98. The highest BCUT2D eigenvalue weighted by Gasteiger charge is 2.22. The molecule has 0 amide bonds. The van der Waals surface area contributed by atoms with Gasteiger partial charge < -0.3 is 4.74 Å². The molecule has 3 nitrogen and oxygen atoms in total. The third-order valence-electron chi connectivity index (χ3n) is 3.79. The van der Waals surface area contributed by atoms with Gasteiger partial charge in [-0.05, 0) is 30.3 Å². The van der Waals surface area contributed by atoms with E-state index in [0.29, 0.717) is 18.1 Å². The summed E-state index contributed by atoms with van der Waals surface area (Å²) in [6.07, 6.45) is 0.652. The number of benzene rings is 2. The van der Waals surface area contributed by atoms with E-state index in [1.807, 2.05) is 36.4 Å². The van der Waals surface area contributed by atoms with Crippen molar-refractivity contribution in [3.8, 4) is 11.4 Å². The first kappa shape index (κ1) is 12.5. The van der Waals surface area contributed by atoms with E-state index in [4.69, 9.17) is 16.3 Å². The fraction of sp³-hybridized carbons (Fsp3) is 0.118. The third-order valence-corrected chi connectivity index (χ3v) is 4.02. The van der Waals surface area contributed by atoms with Gasteiger partial charge in [-0.15, -0.1) is 0 Å². The van der Waals surface area contributed by atoms with Gasteiger partial charge in [0.25, 0.3) is 5.56 Å². The molecule has 0 spiro atoms. The number of aromatic nitrogens is 1. The molecule has 3 aromatic rings. The Morgan fingerprint density at radius 1 is 1.10 bits per heavy atom. The number of ether oxygens (including phenoxy) is 1. The number of halogens is 1. The van der Waals surface area contributed by atoms with Crippen LogP contribution >= 0.6 is 11.6 Å². The predicted octanol–water partition coefficient (Wildman–Crippen LogP) is 3.58. The molecular formula is C17H12ClNO2. The Morgan fingerprint density at radius 2 is 1.95 bits per heavy atom. The van der Waals surface area contributed by atoms with E-state index in [1.165, 1.54) is 0 Å². The van der Waals surface area contributed by atoms with Crippen LogP contribution in [-0.4, -0.2) is 11.2 Å². The van der Waals surface area contributed by atoms with Crippen LogP contribution < -0.4 is 10.3 Å². The van der Waals surface area contributed by atoms with Crippen molar-refractivity contribution in [1.29, 1.82) is 0 Å². The molecule has 0 radical (unpaired) electrons. The van der Waals surface area contributed by atoms with Gasteiger partial charge >= 0.3 is 0 Å². The van der Waals surface area contributed by atoms with Crippen LogP contribution in [-0.2, 0) is 6.42 Å². The molecule has 1 aliphatic heterocycles. The van der Waals surface area contributed by atoms with E-state index in [-0.39, 0.29) is 5.56 Å². The summed E-state index contributed by atoms with van der Waals surface area (Å²) in [4.78, 5) is 12.8. The lowest BCUT2D eigenvalue weighted by atomic mass is 10.1. The van der Waals surface area contributed by atoms with Crippen LogP contribution in [0.25, 0.3) is 16.6 Å². The molecule has 0 N–H and O–H groups in total. The quantitative estimate of drug-likeness (QED) is 0.687. The minimum absolute atomic E-state index is 0.0246. The van der Waals surface area contributed by atoms with Crippen LogP contribution in [0.15, 0.2) is 53.3 Å². The molecule has 104 valence electrons. The highest BCUT2D eigenvalue weighted by atomic mass is 35.5. The van der Waals surface area contributed by atoms with Gasteiger partial charge in [-0.3, -0.25) is 9.36 Å². The molecule has 0 bridgehead atoms. The molecular weight excluding hydrogens is 286 g/mol. The Labute approximate surface area is 126 Å². The van der Waals surface area contributed by atoms with Gasteiger partial charge in [-0.25, -0.2) is 0 Å². The second kappa shape index (κ2) is 4.64. The van der Waals surface area contributed by atoms with Gasteiger partial charge in [0, 0.05) is 16.8 Å². The molecule has 4 rings (SSSR count). The van der Waals surface area contributed by atoms with Crippen molar-refractivity contribution in [3.05, 3.63) is 69.5 Å². The number of hydrogen-bond donors (Lipinski definition) is 0. The summed E-state index contributed by atoms with van der Waals surface area (Å²) in [7, 11) is 0. The molecule has 0 fully saturated rings. The van der Waals surface area contributed by atoms with Gasteiger partial charge in [0.15, 0.2) is 0 Å². The Morgan fingerprint density at radius 3 is 2.81 bits per heavy atom. The van der Waals surface area contributed by atoms with Crippen molar-refractivity contribution < 1.29 is 4.74 Å². The van der Waals surface area contributed by atoms with Crippen molar-refractivity contribution in [2.45, 2.75) is 6.42 Å². The zero-order valence-corrected chi connectivity index (χ0v) is 11.9. The first-order valence-corrected chi connectivity index (χ1v) is 7.19. The lowest BCUT2D eigenvalue weighted by Gasteiger charge is -2.13. The molecule has 1 aromatic heterocycles. The van der Waals surface area contributed by atoms with Crippen LogP contribution in [0.2, 0.25) is 5.02 Å².